The Labute approximate surface area is 186 Å². The number of pyridine rings is 1. The van der Waals surface area contributed by atoms with Crippen LogP contribution < -0.4 is 10.9 Å². The fraction of sp³-hybridized carbons (Fsp3) is 0.346. The van der Waals surface area contributed by atoms with Crippen molar-refractivity contribution in [3.8, 4) is 0 Å². The number of aromatic nitrogens is 1. The molecule has 0 saturated carbocycles. The zero-order valence-electron chi connectivity index (χ0n) is 19.2. The molecule has 0 saturated heterocycles. The zero-order valence-corrected chi connectivity index (χ0v) is 19.2. The number of carbonyl (C=O) groups excluding carboxylic acids is 1. The summed E-state index contributed by atoms with van der Waals surface area (Å²) in [4.78, 5) is 29.1. The van der Waals surface area contributed by atoms with E-state index in [1.807, 2.05) is 32.0 Å². The molecule has 0 atom stereocenters. The van der Waals surface area contributed by atoms with E-state index < -0.39 is 5.63 Å². The molecule has 0 radical (unpaired) electrons. The number of hydrogen-bond acceptors (Lipinski definition) is 5. The smallest absolute Gasteiger partial charge is 0.339 e. The van der Waals surface area contributed by atoms with Crippen LogP contribution in [-0.2, 0) is 23.2 Å². The Hall–Kier alpha value is -3.41. The maximum Gasteiger partial charge on any atom is 0.339 e. The third-order valence-electron chi connectivity index (χ3n) is 5.99. The Morgan fingerprint density at radius 1 is 1.06 bits per heavy atom. The number of nitrogens with zero attached hydrogens (tertiary/aromatic N) is 1. The van der Waals surface area contributed by atoms with Crippen molar-refractivity contribution in [1.82, 2.24) is 10.3 Å². The SMILES string of the molecule is Cc1c(CCC(=O)NCc2ccncc2)c(=O)oc2c(C)c3occ(C(C)(C)C)c3cc12. The van der Waals surface area contributed by atoms with Gasteiger partial charge in [0, 0.05) is 52.8 Å². The minimum absolute atomic E-state index is 0.0787. The van der Waals surface area contributed by atoms with Gasteiger partial charge in [-0.05, 0) is 55.0 Å². The van der Waals surface area contributed by atoms with Crippen molar-refractivity contribution >= 4 is 27.8 Å². The van der Waals surface area contributed by atoms with Crippen molar-refractivity contribution in [3.05, 3.63) is 75.1 Å². The quantitative estimate of drug-likeness (QED) is 0.444. The van der Waals surface area contributed by atoms with Gasteiger partial charge in [0.1, 0.15) is 11.2 Å². The highest BCUT2D eigenvalue weighted by Crippen LogP contribution is 2.37. The topological polar surface area (TPSA) is 85.3 Å². The molecule has 0 spiro atoms. The van der Waals surface area contributed by atoms with Gasteiger partial charge < -0.3 is 14.2 Å². The summed E-state index contributed by atoms with van der Waals surface area (Å²) in [6, 6.07) is 5.76. The molecule has 0 bridgehead atoms. The molecule has 3 heterocycles. The van der Waals surface area contributed by atoms with E-state index in [2.05, 4.69) is 31.1 Å². The average molecular weight is 433 g/mol. The lowest BCUT2D eigenvalue weighted by Crippen LogP contribution is -2.24. The number of nitrogens with one attached hydrogen (secondary N) is 1. The van der Waals surface area contributed by atoms with Gasteiger partial charge in [-0.25, -0.2) is 4.79 Å². The lowest BCUT2D eigenvalue weighted by molar-refractivity contribution is -0.121. The molecule has 32 heavy (non-hydrogen) atoms. The van der Waals surface area contributed by atoms with E-state index in [0.29, 0.717) is 24.1 Å². The van der Waals surface area contributed by atoms with Crippen molar-refractivity contribution in [2.45, 2.75) is 59.4 Å². The van der Waals surface area contributed by atoms with Gasteiger partial charge in [0.25, 0.3) is 0 Å². The number of aryl methyl sites for hydroxylation is 2. The van der Waals surface area contributed by atoms with Crippen molar-refractivity contribution in [2.24, 2.45) is 0 Å². The summed E-state index contributed by atoms with van der Waals surface area (Å²) in [7, 11) is 0. The highest BCUT2D eigenvalue weighted by molar-refractivity contribution is 6.00. The van der Waals surface area contributed by atoms with Crippen LogP contribution in [-0.4, -0.2) is 10.9 Å². The Balaban J connectivity index is 1.64. The maximum absolute atomic E-state index is 12.8. The largest absolute Gasteiger partial charge is 0.464 e. The molecule has 0 aliphatic heterocycles. The highest BCUT2D eigenvalue weighted by atomic mass is 16.4. The molecule has 1 amide bonds. The van der Waals surface area contributed by atoms with Crippen LogP contribution in [0.3, 0.4) is 0 Å². The van der Waals surface area contributed by atoms with E-state index in [-0.39, 0.29) is 17.7 Å². The molecular weight excluding hydrogens is 404 g/mol. The molecule has 6 nitrogen and oxygen atoms in total. The van der Waals surface area contributed by atoms with E-state index in [1.165, 1.54) is 0 Å². The molecular formula is C26H28N2O4. The minimum atomic E-state index is -0.401. The number of carbonyl (C=O) groups is 1. The van der Waals surface area contributed by atoms with Gasteiger partial charge >= 0.3 is 5.63 Å². The van der Waals surface area contributed by atoms with Crippen molar-refractivity contribution in [1.29, 1.82) is 0 Å². The van der Waals surface area contributed by atoms with Gasteiger partial charge in [0.05, 0.1) is 6.26 Å². The summed E-state index contributed by atoms with van der Waals surface area (Å²) in [5.41, 5.74) is 5.10. The molecule has 1 N–H and O–H groups in total. The number of fused-ring (bicyclic) bond motifs is 2. The van der Waals surface area contributed by atoms with Crippen molar-refractivity contribution in [3.63, 3.8) is 0 Å². The predicted molar refractivity (Wildman–Crippen MR) is 125 cm³/mol. The first-order valence-electron chi connectivity index (χ1n) is 10.8. The molecule has 0 unspecified atom stereocenters. The van der Waals surface area contributed by atoms with Crippen molar-refractivity contribution < 1.29 is 13.6 Å². The minimum Gasteiger partial charge on any atom is -0.464 e. The fourth-order valence-electron chi connectivity index (χ4n) is 4.09. The van der Waals surface area contributed by atoms with E-state index in [1.54, 1.807) is 18.7 Å². The number of furan rings is 1. The summed E-state index contributed by atoms with van der Waals surface area (Å²) in [5, 5.41) is 4.80. The molecule has 6 heteroatoms. The molecule has 0 aliphatic rings. The van der Waals surface area contributed by atoms with Gasteiger partial charge in [-0.3, -0.25) is 9.78 Å². The number of rotatable bonds is 5. The van der Waals surface area contributed by atoms with Crippen LogP contribution in [0.5, 0.6) is 0 Å². The summed E-state index contributed by atoms with van der Waals surface area (Å²) < 4.78 is 11.6. The van der Waals surface area contributed by atoms with E-state index in [9.17, 15) is 9.59 Å². The van der Waals surface area contributed by atoms with E-state index in [0.717, 1.165) is 38.6 Å². The van der Waals surface area contributed by atoms with Gasteiger partial charge in [-0.15, -0.1) is 0 Å². The molecule has 4 aromatic rings. The van der Waals surface area contributed by atoms with E-state index >= 15 is 0 Å². The zero-order chi connectivity index (χ0) is 23.0. The molecule has 0 aliphatic carbocycles. The second kappa shape index (κ2) is 8.26. The molecule has 1 aromatic carbocycles. The lowest BCUT2D eigenvalue weighted by atomic mass is 9.86. The van der Waals surface area contributed by atoms with Crippen LogP contribution in [0, 0.1) is 13.8 Å². The Morgan fingerprint density at radius 3 is 2.47 bits per heavy atom. The number of benzene rings is 1. The molecule has 0 fully saturated rings. The monoisotopic (exact) mass is 432 g/mol. The predicted octanol–water partition coefficient (Wildman–Crippen LogP) is 5.10. The van der Waals surface area contributed by atoms with Crippen molar-refractivity contribution in [2.75, 3.05) is 0 Å². The van der Waals surface area contributed by atoms with Crippen LogP contribution in [0.4, 0.5) is 0 Å². The Bertz CT molecular complexity index is 1360. The number of hydrogen-bond donors (Lipinski definition) is 1. The fourth-order valence-corrected chi connectivity index (χ4v) is 4.09. The second-order valence-electron chi connectivity index (χ2n) is 9.28. The first-order valence-corrected chi connectivity index (χ1v) is 10.8. The second-order valence-corrected chi connectivity index (χ2v) is 9.28. The van der Waals surface area contributed by atoms with E-state index in [4.69, 9.17) is 8.83 Å². The van der Waals surface area contributed by atoms with Crippen LogP contribution in [0.2, 0.25) is 0 Å². The van der Waals surface area contributed by atoms with Gasteiger partial charge in [0.15, 0.2) is 0 Å². The first-order chi connectivity index (χ1) is 15.2. The van der Waals surface area contributed by atoms with Gasteiger partial charge in [-0.2, -0.15) is 0 Å². The summed E-state index contributed by atoms with van der Waals surface area (Å²) >= 11 is 0. The van der Waals surface area contributed by atoms with Crippen LogP contribution >= 0.6 is 0 Å². The third kappa shape index (κ3) is 4.05. The normalized spacial score (nSPS) is 11.9. The maximum atomic E-state index is 12.8. The Morgan fingerprint density at radius 2 is 1.78 bits per heavy atom. The van der Waals surface area contributed by atoms with Crippen LogP contribution in [0.1, 0.15) is 55.0 Å². The molecule has 4 rings (SSSR count). The molecule has 166 valence electrons. The first kappa shape index (κ1) is 21.8. The van der Waals surface area contributed by atoms with Gasteiger partial charge in [-0.1, -0.05) is 20.8 Å². The number of amides is 1. The summed E-state index contributed by atoms with van der Waals surface area (Å²) in [5.74, 6) is -0.114. The Kier molecular flexibility index (Phi) is 5.63. The third-order valence-corrected chi connectivity index (χ3v) is 5.99. The van der Waals surface area contributed by atoms with Crippen LogP contribution in [0.25, 0.3) is 21.9 Å². The highest BCUT2D eigenvalue weighted by Gasteiger charge is 2.23. The lowest BCUT2D eigenvalue weighted by Gasteiger charge is -2.17. The standard InChI is InChI=1S/C26H28N2O4/c1-15-18(6-7-22(29)28-13-17-8-10-27-11-9-17)25(30)32-24-16(2)23-20(12-19(15)24)21(14-31-23)26(3,4)5/h8-12,14H,6-7,13H2,1-5H3,(H,28,29). The summed E-state index contributed by atoms with van der Waals surface area (Å²) in [6.45, 7) is 10.7. The van der Waals surface area contributed by atoms with Gasteiger partial charge in [0.2, 0.25) is 5.91 Å². The van der Waals surface area contributed by atoms with Crippen LogP contribution in [0.15, 0.2) is 50.5 Å². The summed E-state index contributed by atoms with van der Waals surface area (Å²) in [6.07, 6.45) is 5.70. The molecule has 3 aromatic heterocycles. The average Bonchev–Trinajstić information content (AvgIpc) is 3.19.